The molecule has 0 unspecified atom stereocenters. The number of hydrogen-bond acceptors (Lipinski definition) is 2. The van der Waals surface area contributed by atoms with E-state index in [-0.39, 0.29) is 0 Å². The summed E-state index contributed by atoms with van der Waals surface area (Å²) in [7, 11) is 0. The van der Waals surface area contributed by atoms with Gasteiger partial charge in [0.05, 0.1) is 12.8 Å². The summed E-state index contributed by atoms with van der Waals surface area (Å²) >= 11 is 0. The smallest absolute Gasteiger partial charge is 0.0996 e. The van der Waals surface area contributed by atoms with Gasteiger partial charge in [0.25, 0.3) is 0 Å². The van der Waals surface area contributed by atoms with E-state index in [1.807, 2.05) is 0 Å². The van der Waals surface area contributed by atoms with Crippen LogP contribution in [0, 0.1) is 11.8 Å². The number of piperidine rings is 1. The Morgan fingerprint density at radius 2 is 1.81 bits per heavy atom. The van der Waals surface area contributed by atoms with Crippen molar-refractivity contribution in [1.82, 2.24) is 4.90 Å². The first kappa shape index (κ1) is 11.0. The number of rotatable bonds is 0. The van der Waals surface area contributed by atoms with E-state index in [0.29, 0.717) is 6.10 Å². The monoisotopic (exact) mass is 223 g/mol. The van der Waals surface area contributed by atoms with E-state index in [0.717, 1.165) is 24.6 Å². The average Bonchev–Trinajstić information content (AvgIpc) is 2.49. The van der Waals surface area contributed by atoms with Gasteiger partial charge in [-0.1, -0.05) is 26.2 Å². The maximum Gasteiger partial charge on any atom is 0.0996 e. The molecule has 2 saturated heterocycles. The van der Waals surface area contributed by atoms with Gasteiger partial charge < -0.3 is 4.74 Å². The SMILES string of the molecule is C[C@H]1[C@H]2CCCC[C@@H]2OCN2CCCC[C@@H]12. The summed E-state index contributed by atoms with van der Waals surface area (Å²) in [6, 6.07) is 0.821. The molecule has 3 fully saturated rings. The Balaban J connectivity index is 1.78. The number of ether oxygens (including phenoxy) is 1. The zero-order chi connectivity index (χ0) is 11.0. The topological polar surface area (TPSA) is 12.5 Å². The molecule has 0 bridgehead atoms. The van der Waals surface area contributed by atoms with Crippen molar-refractivity contribution in [2.75, 3.05) is 13.3 Å². The molecule has 0 spiro atoms. The molecule has 0 amide bonds. The number of fused-ring (bicyclic) bond motifs is 2. The molecule has 3 rings (SSSR count). The van der Waals surface area contributed by atoms with Crippen LogP contribution in [-0.2, 0) is 4.74 Å². The second-order valence-corrected chi connectivity index (χ2v) is 6.02. The Hall–Kier alpha value is -0.0800. The van der Waals surface area contributed by atoms with E-state index in [9.17, 15) is 0 Å². The Morgan fingerprint density at radius 1 is 1.00 bits per heavy atom. The lowest BCUT2D eigenvalue weighted by molar-refractivity contribution is -0.0466. The lowest BCUT2D eigenvalue weighted by Gasteiger charge is -2.39. The summed E-state index contributed by atoms with van der Waals surface area (Å²) < 4.78 is 6.17. The van der Waals surface area contributed by atoms with Gasteiger partial charge in [-0.05, 0) is 37.5 Å². The number of hydrogen-bond donors (Lipinski definition) is 0. The molecule has 2 heterocycles. The molecule has 92 valence electrons. The summed E-state index contributed by atoms with van der Waals surface area (Å²) in [4.78, 5) is 2.62. The molecular formula is C14H25NO. The Bertz CT molecular complexity index is 219. The third kappa shape index (κ3) is 1.91. The summed E-state index contributed by atoms with van der Waals surface area (Å²) in [5, 5.41) is 0. The molecule has 0 aromatic heterocycles. The van der Waals surface area contributed by atoms with Crippen LogP contribution in [0.5, 0.6) is 0 Å². The summed E-state index contributed by atoms with van der Waals surface area (Å²) in [5.41, 5.74) is 0. The van der Waals surface area contributed by atoms with Gasteiger partial charge in [-0.15, -0.1) is 0 Å². The molecule has 2 nitrogen and oxygen atoms in total. The molecule has 2 aliphatic heterocycles. The molecular weight excluding hydrogens is 198 g/mol. The van der Waals surface area contributed by atoms with E-state index in [4.69, 9.17) is 4.74 Å². The standard InChI is InChI=1S/C14H25NO/c1-11-12-6-2-3-8-14(12)16-10-15-9-5-4-7-13(11)15/h11-14H,2-10H2,1H3/t11-,12+,13-,14-/m0/s1. The minimum atomic E-state index is 0.578. The third-order valence-electron chi connectivity index (χ3n) is 5.15. The highest BCUT2D eigenvalue weighted by molar-refractivity contribution is 4.90. The van der Waals surface area contributed by atoms with Crippen molar-refractivity contribution in [1.29, 1.82) is 0 Å². The number of nitrogens with zero attached hydrogens (tertiary/aromatic N) is 1. The Labute approximate surface area is 99.3 Å². The van der Waals surface area contributed by atoms with Gasteiger partial charge in [-0.3, -0.25) is 4.90 Å². The maximum atomic E-state index is 6.17. The highest BCUT2D eigenvalue weighted by Gasteiger charge is 2.40. The second-order valence-electron chi connectivity index (χ2n) is 6.02. The first-order valence-electron chi connectivity index (χ1n) is 7.22. The normalized spacial score (nSPS) is 45.6. The molecule has 0 aromatic carbocycles. The lowest BCUT2D eigenvalue weighted by Crippen LogP contribution is -2.44. The molecule has 2 heteroatoms. The first-order chi connectivity index (χ1) is 7.86. The predicted molar refractivity (Wildman–Crippen MR) is 65.2 cm³/mol. The van der Waals surface area contributed by atoms with Crippen molar-refractivity contribution >= 4 is 0 Å². The average molecular weight is 223 g/mol. The van der Waals surface area contributed by atoms with Crippen molar-refractivity contribution < 1.29 is 4.74 Å². The van der Waals surface area contributed by atoms with Crippen molar-refractivity contribution in [3.05, 3.63) is 0 Å². The quantitative estimate of drug-likeness (QED) is 0.626. The van der Waals surface area contributed by atoms with E-state index in [1.165, 1.54) is 51.5 Å². The zero-order valence-electron chi connectivity index (χ0n) is 10.5. The van der Waals surface area contributed by atoms with Crippen molar-refractivity contribution in [2.45, 2.75) is 64.0 Å². The summed E-state index contributed by atoms with van der Waals surface area (Å²) in [6.07, 6.45) is 10.3. The fourth-order valence-corrected chi connectivity index (χ4v) is 4.18. The van der Waals surface area contributed by atoms with Gasteiger partial charge in [0.2, 0.25) is 0 Å². The molecule has 1 aliphatic carbocycles. The molecule has 0 N–H and O–H groups in total. The summed E-state index contributed by atoms with van der Waals surface area (Å²) in [6.45, 7) is 4.67. The minimum absolute atomic E-state index is 0.578. The van der Waals surface area contributed by atoms with E-state index >= 15 is 0 Å². The molecule has 4 atom stereocenters. The van der Waals surface area contributed by atoms with Crippen LogP contribution in [0.3, 0.4) is 0 Å². The summed E-state index contributed by atoms with van der Waals surface area (Å²) in [5.74, 6) is 1.70. The van der Waals surface area contributed by atoms with Gasteiger partial charge in [0.15, 0.2) is 0 Å². The highest BCUT2D eigenvalue weighted by Crippen LogP contribution is 2.39. The molecule has 0 aromatic rings. The second kappa shape index (κ2) is 4.66. The van der Waals surface area contributed by atoms with E-state index < -0.39 is 0 Å². The van der Waals surface area contributed by atoms with Gasteiger partial charge in [0.1, 0.15) is 0 Å². The largest absolute Gasteiger partial charge is 0.363 e. The van der Waals surface area contributed by atoms with Crippen LogP contribution in [0.15, 0.2) is 0 Å². The third-order valence-corrected chi connectivity index (χ3v) is 5.15. The van der Waals surface area contributed by atoms with Crippen LogP contribution in [0.4, 0.5) is 0 Å². The molecule has 16 heavy (non-hydrogen) atoms. The van der Waals surface area contributed by atoms with Crippen LogP contribution in [0.2, 0.25) is 0 Å². The molecule has 3 aliphatic rings. The maximum absolute atomic E-state index is 6.17. The van der Waals surface area contributed by atoms with Gasteiger partial charge in [-0.25, -0.2) is 0 Å². The van der Waals surface area contributed by atoms with E-state index in [1.54, 1.807) is 0 Å². The van der Waals surface area contributed by atoms with Crippen molar-refractivity contribution in [3.8, 4) is 0 Å². The van der Waals surface area contributed by atoms with Crippen LogP contribution >= 0.6 is 0 Å². The van der Waals surface area contributed by atoms with Gasteiger partial charge in [-0.2, -0.15) is 0 Å². The van der Waals surface area contributed by atoms with Crippen LogP contribution in [-0.4, -0.2) is 30.3 Å². The van der Waals surface area contributed by atoms with Gasteiger partial charge >= 0.3 is 0 Å². The highest BCUT2D eigenvalue weighted by atomic mass is 16.5. The predicted octanol–water partition coefficient (Wildman–Crippen LogP) is 3.02. The van der Waals surface area contributed by atoms with Crippen LogP contribution in [0.1, 0.15) is 51.9 Å². The Morgan fingerprint density at radius 3 is 2.75 bits per heavy atom. The fourth-order valence-electron chi connectivity index (χ4n) is 4.18. The van der Waals surface area contributed by atoms with Crippen molar-refractivity contribution in [3.63, 3.8) is 0 Å². The Kier molecular flexibility index (Phi) is 3.21. The van der Waals surface area contributed by atoms with Crippen LogP contribution in [0.25, 0.3) is 0 Å². The van der Waals surface area contributed by atoms with Gasteiger partial charge in [0, 0.05) is 12.6 Å². The van der Waals surface area contributed by atoms with Crippen molar-refractivity contribution in [2.24, 2.45) is 11.8 Å². The van der Waals surface area contributed by atoms with E-state index in [2.05, 4.69) is 11.8 Å². The minimum Gasteiger partial charge on any atom is -0.363 e. The fraction of sp³-hybridized carbons (Fsp3) is 1.00. The van der Waals surface area contributed by atoms with Crippen LogP contribution < -0.4 is 0 Å². The molecule has 0 radical (unpaired) electrons. The lowest BCUT2D eigenvalue weighted by atomic mass is 9.74. The molecule has 1 saturated carbocycles. The zero-order valence-corrected chi connectivity index (χ0v) is 10.5. The first-order valence-corrected chi connectivity index (χ1v) is 7.22.